The molecule has 0 amide bonds. The Morgan fingerprint density at radius 1 is 1.50 bits per heavy atom. The Morgan fingerprint density at radius 3 is 2.64 bits per heavy atom. The molecule has 1 heterocycles. The van der Waals surface area contributed by atoms with Gasteiger partial charge in [0.2, 0.25) is 0 Å². The first-order valence-electron chi connectivity index (χ1n) is 3.29. The van der Waals surface area contributed by atoms with Crippen molar-refractivity contribution in [1.29, 1.82) is 0 Å². The number of carbonyl (C=O) groups excluding carboxylic acids is 1. The molecule has 0 aliphatic heterocycles. The van der Waals surface area contributed by atoms with Crippen LogP contribution in [0.1, 0.15) is 10.4 Å². The van der Waals surface area contributed by atoms with Gasteiger partial charge in [0, 0.05) is 12.3 Å². The zero-order valence-corrected chi connectivity index (χ0v) is 8.67. The number of rotatable bonds is 2. The summed E-state index contributed by atoms with van der Waals surface area (Å²) in [6, 6.07) is 1.04. The van der Waals surface area contributed by atoms with Crippen molar-refractivity contribution in [3.63, 3.8) is 0 Å². The lowest BCUT2D eigenvalue weighted by Gasteiger charge is -2.10. The van der Waals surface area contributed by atoms with Crippen molar-refractivity contribution in [2.75, 3.05) is 0 Å². The van der Waals surface area contributed by atoms with Crippen molar-refractivity contribution in [2.45, 2.75) is 6.36 Å². The molecule has 0 N–H and O–H groups in total. The number of nitrogens with zero attached hydrogens (tertiary/aromatic N) is 1. The Kier molecular flexibility index (Phi) is 3.29. The first-order valence-corrected chi connectivity index (χ1v) is 4.37. The zero-order chi connectivity index (χ0) is 10.8. The van der Waals surface area contributed by atoms with Gasteiger partial charge in [0.15, 0.2) is 6.29 Å². The largest absolute Gasteiger partial charge is 0.573 e. The smallest absolute Gasteiger partial charge is 0.405 e. The van der Waals surface area contributed by atoms with E-state index in [0.717, 1.165) is 12.3 Å². The number of aldehydes is 1. The molecule has 0 saturated carbocycles. The van der Waals surface area contributed by atoms with Gasteiger partial charge >= 0.3 is 6.36 Å². The summed E-state index contributed by atoms with van der Waals surface area (Å²) in [4.78, 5) is 14.0. The number of ether oxygens (including phenoxy) is 1. The fourth-order valence-corrected chi connectivity index (χ4v) is 1.15. The van der Waals surface area contributed by atoms with Gasteiger partial charge in [-0.2, -0.15) is 0 Å². The van der Waals surface area contributed by atoms with E-state index in [9.17, 15) is 18.0 Å². The van der Waals surface area contributed by atoms with E-state index in [2.05, 4.69) is 9.72 Å². The van der Waals surface area contributed by atoms with Crippen molar-refractivity contribution in [3.05, 3.63) is 21.5 Å². The lowest BCUT2D eigenvalue weighted by molar-refractivity contribution is -0.274. The highest BCUT2D eigenvalue weighted by atomic mass is 127. The van der Waals surface area contributed by atoms with E-state index in [4.69, 9.17) is 0 Å². The van der Waals surface area contributed by atoms with Crippen molar-refractivity contribution in [3.8, 4) is 5.75 Å². The van der Waals surface area contributed by atoms with Crippen molar-refractivity contribution in [2.24, 2.45) is 0 Å². The maximum atomic E-state index is 11.8. The number of aromatic nitrogens is 1. The zero-order valence-electron chi connectivity index (χ0n) is 6.51. The molecule has 14 heavy (non-hydrogen) atoms. The molecule has 7 heteroatoms. The molecule has 0 spiro atoms. The van der Waals surface area contributed by atoms with Gasteiger partial charge in [-0.1, -0.05) is 0 Å². The minimum atomic E-state index is -4.80. The molecular formula is C7H3F3INO2. The monoisotopic (exact) mass is 317 g/mol. The van der Waals surface area contributed by atoms with Gasteiger partial charge in [0.05, 0.1) is 5.56 Å². The molecule has 0 saturated heterocycles. The second-order valence-corrected chi connectivity index (χ2v) is 3.32. The van der Waals surface area contributed by atoms with Crippen LogP contribution in [0.5, 0.6) is 5.75 Å². The molecule has 1 rings (SSSR count). The van der Waals surface area contributed by atoms with Crippen LogP contribution in [0.2, 0.25) is 0 Å². The van der Waals surface area contributed by atoms with E-state index < -0.39 is 12.1 Å². The molecule has 3 nitrogen and oxygen atoms in total. The second kappa shape index (κ2) is 4.11. The molecule has 1 aromatic heterocycles. The Morgan fingerprint density at radius 2 is 2.14 bits per heavy atom. The Labute approximate surface area is 90.4 Å². The van der Waals surface area contributed by atoms with Gasteiger partial charge in [0.1, 0.15) is 9.45 Å². The van der Waals surface area contributed by atoms with E-state index in [-0.39, 0.29) is 11.8 Å². The summed E-state index contributed by atoms with van der Waals surface area (Å²) in [5.74, 6) is -0.535. The molecule has 0 unspecified atom stereocenters. The number of hydrogen-bond donors (Lipinski definition) is 0. The highest BCUT2D eigenvalue weighted by Gasteiger charge is 2.32. The third-order valence-corrected chi connectivity index (χ3v) is 1.80. The predicted octanol–water partition coefficient (Wildman–Crippen LogP) is 2.40. The molecule has 0 fully saturated rings. The molecule has 76 valence electrons. The minimum Gasteiger partial charge on any atom is -0.405 e. The second-order valence-electron chi connectivity index (χ2n) is 2.21. The third-order valence-electron chi connectivity index (χ3n) is 1.21. The fourth-order valence-electron chi connectivity index (χ4n) is 0.725. The summed E-state index contributed by atoms with van der Waals surface area (Å²) < 4.78 is 39.4. The highest BCUT2D eigenvalue weighted by molar-refractivity contribution is 14.1. The lowest BCUT2D eigenvalue weighted by Crippen LogP contribution is -2.18. The van der Waals surface area contributed by atoms with E-state index in [0.29, 0.717) is 3.70 Å². The SMILES string of the molecule is O=Cc1cnc(I)cc1OC(F)(F)F. The van der Waals surface area contributed by atoms with E-state index in [1.54, 1.807) is 22.6 Å². The van der Waals surface area contributed by atoms with Gasteiger partial charge in [-0.25, -0.2) is 4.98 Å². The molecule has 0 aliphatic carbocycles. The van der Waals surface area contributed by atoms with Crippen molar-refractivity contribution < 1.29 is 22.7 Å². The van der Waals surface area contributed by atoms with Gasteiger partial charge in [0.25, 0.3) is 0 Å². The maximum Gasteiger partial charge on any atom is 0.573 e. The van der Waals surface area contributed by atoms with Gasteiger partial charge in [-0.3, -0.25) is 4.79 Å². The van der Waals surface area contributed by atoms with Gasteiger partial charge < -0.3 is 4.74 Å². The molecule has 1 aromatic rings. The van der Waals surface area contributed by atoms with Crippen LogP contribution in [-0.2, 0) is 0 Å². The number of alkyl halides is 3. The standard InChI is InChI=1S/C7H3F3INO2/c8-7(9,10)14-5-1-6(11)12-2-4(5)3-13/h1-3H. The molecular weight excluding hydrogens is 314 g/mol. The predicted molar refractivity (Wildman–Crippen MR) is 49.0 cm³/mol. The summed E-state index contributed by atoms with van der Waals surface area (Å²) in [7, 11) is 0. The Bertz CT molecular complexity index is 353. The van der Waals surface area contributed by atoms with Crippen LogP contribution in [-0.4, -0.2) is 17.6 Å². The van der Waals surface area contributed by atoms with Crippen LogP contribution >= 0.6 is 22.6 Å². The average Bonchev–Trinajstić information content (AvgIpc) is 2.01. The van der Waals surface area contributed by atoms with Crippen LogP contribution in [0.4, 0.5) is 13.2 Å². The quantitative estimate of drug-likeness (QED) is 0.478. The van der Waals surface area contributed by atoms with Gasteiger partial charge in [-0.15, -0.1) is 13.2 Å². The average molecular weight is 317 g/mol. The van der Waals surface area contributed by atoms with Crippen molar-refractivity contribution >= 4 is 28.9 Å². The van der Waals surface area contributed by atoms with Crippen LogP contribution < -0.4 is 4.74 Å². The highest BCUT2D eigenvalue weighted by Crippen LogP contribution is 2.25. The first kappa shape index (κ1) is 11.2. The Hall–Kier alpha value is -0.860. The Balaban J connectivity index is 3.05. The minimum absolute atomic E-state index is 0.234. The number of pyridine rings is 1. The summed E-state index contributed by atoms with van der Waals surface area (Å²) in [6.45, 7) is 0. The molecule has 0 aromatic carbocycles. The summed E-state index contributed by atoms with van der Waals surface area (Å²) in [6.07, 6.45) is -3.53. The fraction of sp³-hybridized carbons (Fsp3) is 0.143. The normalized spacial score (nSPS) is 11.1. The lowest BCUT2D eigenvalue weighted by atomic mass is 10.3. The van der Waals surface area contributed by atoms with Gasteiger partial charge in [-0.05, 0) is 22.6 Å². The number of carbonyl (C=O) groups is 1. The van der Waals surface area contributed by atoms with E-state index in [1.165, 1.54) is 0 Å². The first-order chi connectivity index (χ1) is 6.42. The van der Waals surface area contributed by atoms with Crippen LogP contribution in [0.3, 0.4) is 0 Å². The summed E-state index contributed by atoms with van der Waals surface area (Å²) in [5, 5.41) is 0. The van der Waals surface area contributed by atoms with Crippen LogP contribution in [0.15, 0.2) is 12.3 Å². The molecule has 0 radical (unpaired) electrons. The molecule has 0 bridgehead atoms. The number of hydrogen-bond acceptors (Lipinski definition) is 3. The summed E-state index contributed by atoms with van der Waals surface area (Å²) >= 11 is 1.72. The van der Waals surface area contributed by atoms with E-state index in [1.807, 2.05) is 0 Å². The van der Waals surface area contributed by atoms with Crippen LogP contribution in [0.25, 0.3) is 0 Å². The van der Waals surface area contributed by atoms with Crippen molar-refractivity contribution in [1.82, 2.24) is 4.98 Å². The molecule has 0 atom stereocenters. The summed E-state index contributed by atoms with van der Waals surface area (Å²) in [5.41, 5.74) is -0.234. The maximum absolute atomic E-state index is 11.8. The van der Waals surface area contributed by atoms with Crippen LogP contribution in [0, 0.1) is 3.70 Å². The van der Waals surface area contributed by atoms with E-state index >= 15 is 0 Å². The molecule has 0 aliphatic rings. The topological polar surface area (TPSA) is 39.2 Å². The number of halogens is 4. The third kappa shape index (κ3) is 3.13.